The number of H-pyrrole nitrogens is 1. The largest absolute Gasteiger partial charge is 0.507 e. The summed E-state index contributed by atoms with van der Waals surface area (Å²) in [6.07, 6.45) is 6.67. The van der Waals surface area contributed by atoms with Gasteiger partial charge in [0, 0.05) is 41.9 Å². The van der Waals surface area contributed by atoms with Crippen molar-refractivity contribution in [3.8, 4) is 23.0 Å². The molecule has 2 heterocycles. The average Bonchev–Trinajstić information content (AvgIpc) is 3.46. The van der Waals surface area contributed by atoms with E-state index in [4.69, 9.17) is 14.1 Å². The predicted molar refractivity (Wildman–Crippen MR) is 149 cm³/mol. The second-order valence-corrected chi connectivity index (χ2v) is 11.0. The maximum atomic E-state index is 11.0. The number of aromatic hydroxyl groups is 1. The summed E-state index contributed by atoms with van der Waals surface area (Å²) in [6, 6.07) is 12.0. The molecule has 0 aliphatic rings. The highest BCUT2D eigenvalue weighted by molar-refractivity contribution is 5.85. The third-order valence-corrected chi connectivity index (χ3v) is 6.00. The number of ether oxygens (including phenoxy) is 1. The lowest BCUT2D eigenvalue weighted by Gasteiger charge is -2.27. The zero-order valence-corrected chi connectivity index (χ0v) is 23.2. The van der Waals surface area contributed by atoms with Crippen LogP contribution in [0.5, 0.6) is 11.5 Å². The quantitative estimate of drug-likeness (QED) is 0.298. The fourth-order valence-corrected chi connectivity index (χ4v) is 4.02. The van der Waals surface area contributed by atoms with Crippen molar-refractivity contribution in [1.82, 2.24) is 15.0 Å². The Hall–Kier alpha value is -3.29. The highest BCUT2D eigenvalue weighted by Gasteiger charge is 2.27. The van der Waals surface area contributed by atoms with Crippen LogP contribution in [0.1, 0.15) is 69.8 Å². The number of aromatic amines is 1. The number of halogens is 1. The summed E-state index contributed by atoms with van der Waals surface area (Å²) in [5, 5.41) is 11.0. The maximum absolute atomic E-state index is 11.0. The molecule has 2 aromatic heterocycles. The van der Waals surface area contributed by atoms with Crippen LogP contribution in [-0.2, 0) is 23.7 Å². The summed E-state index contributed by atoms with van der Waals surface area (Å²) in [7, 11) is 0. The van der Waals surface area contributed by atoms with Gasteiger partial charge in [-0.25, -0.2) is 9.97 Å². The minimum absolute atomic E-state index is 0. The number of nitrogens with one attached hydrogen (secondary N) is 1. The third kappa shape index (κ3) is 7.37. The number of rotatable bonds is 7. The molecule has 0 aliphatic carbocycles. The standard InChI is InChI=1S/C29H35N3O3.ClH.H2O/c1-28(2,3)23-16-20(17-24(26(23)33)29(4,5)6)27-32-21(18-35-27)11-14-34-22-9-7-19(8-10-22)15-25-30-12-13-31-25;;/h7-10,12-13,16-18,33H,11,14-15H2,1-6H3,(H,30,31);1H;1H2. The van der Waals surface area contributed by atoms with Crippen molar-refractivity contribution in [3.63, 3.8) is 0 Å². The number of imidazole rings is 1. The number of hydrogen-bond acceptors (Lipinski definition) is 5. The molecule has 4 aromatic rings. The molecule has 37 heavy (non-hydrogen) atoms. The van der Waals surface area contributed by atoms with Crippen molar-refractivity contribution < 1.29 is 19.7 Å². The molecule has 0 amide bonds. The molecule has 0 saturated heterocycles. The van der Waals surface area contributed by atoms with Gasteiger partial charge in [0.05, 0.1) is 12.3 Å². The highest BCUT2D eigenvalue weighted by Crippen LogP contribution is 2.41. The minimum atomic E-state index is -0.211. The van der Waals surface area contributed by atoms with E-state index >= 15 is 0 Å². The van der Waals surface area contributed by atoms with Gasteiger partial charge < -0.3 is 24.7 Å². The first-order valence-electron chi connectivity index (χ1n) is 12.0. The second kappa shape index (κ2) is 11.8. The molecule has 0 spiro atoms. The van der Waals surface area contributed by atoms with E-state index in [9.17, 15) is 5.11 Å². The van der Waals surface area contributed by atoms with Gasteiger partial charge in [0.1, 0.15) is 23.6 Å². The third-order valence-electron chi connectivity index (χ3n) is 6.00. The van der Waals surface area contributed by atoms with E-state index in [2.05, 4.69) is 63.6 Å². The average molecular weight is 528 g/mol. The smallest absolute Gasteiger partial charge is 0.226 e. The van der Waals surface area contributed by atoms with Crippen LogP contribution in [0.15, 0.2) is 59.5 Å². The van der Waals surface area contributed by atoms with Gasteiger partial charge in [-0.3, -0.25) is 0 Å². The van der Waals surface area contributed by atoms with Crippen molar-refractivity contribution >= 4 is 12.4 Å². The first-order valence-corrected chi connectivity index (χ1v) is 12.0. The molecule has 4 rings (SSSR count). The zero-order valence-electron chi connectivity index (χ0n) is 22.4. The van der Waals surface area contributed by atoms with Crippen LogP contribution >= 0.6 is 12.4 Å². The molecule has 200 valence electrons. The van der Waals surface area contributed by atoms with Crippen LogP contribution < -0.4 is 4.74 Å². The van der Waals surface area contributed by atoms with Crippen LogP contribution in [0.3, 0.4) is 0 Å². The lowest BCUT2D eigenvalue weighted by atomic mass is 9.78. The van der Waals surface area contributed by atoms with Gasteiger partial charge in [-0.05, 0) is 40.7 Å². The van der Waals surface area contributed by atoms with Gasteiger partial charge in [0.15, 0.2) is 0 Å². The monoisotopic (exact) mass is 527 g/mol. The molecule has 0 saturated carbocycles. The van der Waals surface area contributed by atoms with Crippen LogP contribution in [0.25, 0.3) is 11.5 Å². The van der Waals surface area contributed by atoms with E-state index in [0.29, 0.717) is 24.7 Å². The molecule has 4 N–H and O–H groups in total. The zero-order chi connectivity index (χ0) is 25.2. The van der Waals surface area contributed by atoms with Crippen LogP contribution in [0.4, 0.5) is 0 Å². The number of phenolic OH excluding ortho intramolecular Hbond substituents is 1. The van der Waals surface area contributed by atoms with E-state index in [1.807, 2.05) is 30.5 Å². The molecule has 8 heteroatoms. The van der Waals surface area contributed by atoms with Gasteiger partial charge in [-0.1, -0.05) is 53.7 Å². The van der Waals surface area contributed by atoms with Crippen molar-refractivity contribution in [3.05, 3.63) is 83.3 Å². The maximum Gasteiger partial charge on any atom is 0.226 e. The molecule has 0 unspecified atom stereocenters. The second-order valence-electron chi connectivity index (χ2n) is 11.0. The number of oxazole rings is 1. The Morgan fingerprint density at radius 3 is 2.14 bits per heavy atom. The molecule has 0 aliphatic heterocycles. The number of hydrogen-bond donors (Lipinski definition) is 2. The fourth-order valence-electron chi connectivity index (χ4n) is 4.02. The Morgan fingerprint density at radius 2 is 1.59 bits per heavy atom. The number of nitrogens with zero attached hydrogens (tertiary/aromatic N) is 2. The molecular formula is C29H38ClN3O4. The van der Waals surface area contributed by atoms with Crippen LogP contribution in [0, 0.1) is 0 Å². The summed E-state index contributed by atoms with van der Waals surface area (Å²) in [5.74, 6) is 2.67. The van der Waals surface area contributed by atoms with Gasteiger partial charge in [-0.15, -0.1) is 12.4 Å². The van der Waals surface area contributed by atoms with Gasteiger partial charge in [-0.2, -0.15) is 0 Å². The fraction of sp³-hybridized carbons (Fsp3) is 0.379. The molecule has 0 atom stereocenters. The van der Waals surface area contributed by atoms with Crippen molar-refractivity contribution in [2.24, 2.45) is 0 Å². The number of phenols is 1. The summed E-state index contributed by atoms with van der Waals surface area (Å²) < 4.78 is 11.8. The van der Waals surface area contributed by atoms with E-state index in [1.54, 1.807) is 12.5 Å². The normalized spacial score (nSPS) is 11.5. The van der Waals surface area contributed by atoms with E-state index in [-0.39, 0.29) is 28.7 Å². The predicted octanol–water partition coefficient (Wildman–Crippen LogP) is 6.17. The first kappa shape index (κ1) is 29.9. The Bertz CT molecular complexity index is 1230. The molecule has 0 radical (unpaired) electrons. The van der Waals surface area contributed by atoms with Crippen molar-refractivity contribution in [1.29, 1.82) is 0 Å². The van der Waals surface area contributed by atoms with Crippen molar-refractivity contribution in [2.75, 3.05) is 6.61 Å². The summed E-state index contributed by atoms with van der Waals surface area (Å²) in [6.45, 7) is 13.1. The number of benzene rings is 2. The SMILES string of the molecule is CC(C)(C)c1cc(-c2nc(CCOc3ccc(Cc4ncc[nH]4)cc3)co2)cc(C(C)(C)C)c1O.Cl.O. The molecule has 7 nitrogen and oxygen atoms in total. The Labute approximate surface area is 225 Å². The van der Waals surface area contributed by atoms with E-state index in [0.717, 1.165) is 40.4 Å². The van der Waals surface area contributed by atoms with Gasteiger partial charge in [0.25, 0.3) is 0 Å². The summed E-state index contributed by atoms with van der Waals surface area (Å²) >= 11 is 0. The Balaban J connectivity index is 0.00000241. The summed E-state index contributed by atoms with van der Waals surface area (Å²) in [5.41, 5.74) is 4.23. The Morgan fingerprint density at radius 1 is 0.973 bits per heavy atom. The molecular weight excluding hydrogens is 490 g/mol. The molecule has 2 aromatic carbocycles. The first-order chi connectivity index (χ1) is 16.5. The Kier molecular flexibility index (Phi) is 9.58. The van der Waals surface area contributed by atoms with Gasteiger partial charge in [0.2, 0.25) is 5.89 Å². The highest BCUT2D eigenvalue weighted by atomic mass is 35.5. The lowest BCUT2D eigenvalue weighted by molar-refractivity contribution is 0.320. The van der Waals surface area contributed by atoms with Gasteiger partial charge >= 0.3 is 0 Å². The summed E-state index contributed by atoms with van der Waals surface area (Å²) in [4.78, 5) is 12.1. The number of aromatic nitrogens is 3. The van der Waals surface area contributed by atoms with Crippen LogP contribution in [0.2, 0.25) is 0 Å². The van der Waals surface area contributed by atoms with E-state index < -0.39 is 0 Å². The van der Waals surface area contributed by atoms with Crippen molar-refractivity contribution in [2.45, 2.75) is 65.2 Å². The molecule has 0 bridgehead atoms. The molecule has 0 fully saturated rings. The van der Waals surface area contributed by atoms with E-state index in [1.165, 1.54) is 5.56 Å². The van der Waals surface area contributed by atoms with Crippen LogP contribution in [-0.4, -0.2) is 32.1 Å². The minimum Gasteiger partial charge on any atom is -0.507 e. The topological polar surface area (TPSA) is 116 Å². The lowest BCUT2D eigenvalue weighted by Crippen LogP contribution is -2.17.